The molecule has 0 fully saturated rings. The van der Waals surface area contributed by atoms with Crippen LogP contribution in [0.15, 0.2) is 0 Å². The molecular formula is H6NO3PS. The molecule has 6 heteroatoms. The Balaban J connectivity index is 3.79. The van der Waals surface area contributed by atoms with Crippen molar-refractivity contribution in [1.29, 1.82) is 0 Å². The minimum atomic E-state index is -3.65. The van der Waals surface area contributed by atoms with Crippen molar-refractivity contribution in [1.82, 2.24) is 0 Å². The monoisotopic (exact) mass is 131 g/mol. The third-order valence-electron chi connectivity index (χ3n) is 0.155. The van der Waals surface area contributed by atoms with Gasteiger partial charge in [0.15, 0.2) is 0 Å². The second-order valence-electron chi connectivity index (χ2n) is 0.652. The number of hydrogen-bond acceptors (Lipinski definition) is 0. The fraction of sp³-hybridized carbons (Fsp3) is 0. The van der Waals surface area contributed by atoms with Crippen molar-refractivity contribution in [3.05, 3.63) is 0 Å². The van der Waals surface area contributed by atoms with E-state index in [-0.39, 0.29) is 11.1 Å². The highest BCUT2D eigenvalue weighted by Crippen LogP contribution is 2.28. The summed E-state index contributed by atoms with van der Waals surface area (Å²) >= 11 is -0.248. The first-order valence-electron chi connectivity index (χ1n) is 1.06. The third kappa shape index (κ3) is 4.62. The number of thiol groups is 1. The summed E-state index contributed by atoms with van der Waals surface area (Å²) in [5.41, 5.74) is 0. The normalized spacial score (nSPS) is 12.0. The molecule has 0 radical (unpaired) electrons. The molecule has 0 bridgehead atoms. The van der Waals surface area contributed by atoms with E-state index in [1.165, 1.54) is 0 Å². The molecule has 5 N–H and O–H groups in total. The minimum absolute atomic E-state index is 0.248. The molecule has 0 saturated heterocycles. The predicted molar refractivity (Wildman–Crippen MR) is 26.5 cm³/mol. The van der Waals surface area contributed by atoms with Crippen LogP contribution in [0.25, 0.3) is 0 Å². The van der Waals surface area contributed by atoms with Gasteiger partial charge in [-0.2, -0.15) is 0 Å². The molecular weight excluding hydrogens is 125 g/mol. The smallest absolute Gasteiger partial charge is 0.287 e. The van der Waals surface area contributed by atoms with Crippen molar-refractivity contribution in [3.63, 3.8) is 0 Å². The molecule has 0 spiro atoms. The minimum Gasteiger partial charge on any atom is -0.328 e. The van der Waals surface area contributed by atoms with Gasteiger partial charge in [-0.05, 0) is 0 Å². The maximum atomic E-state index is 7.91. The van der Waals surface area contributed by atoms with E-state index in [1.807, 2.05) is 0 Å². The van der Waals surface area contributed by atoms with Gasteiger partial charge in [-0.3, -0.25) is 5.14 Å². The van der Waals surface area contributed by atoms with Crippen molar-refractivity contribution in [2.45, 2.75) is 0 Å². The van der Waals surface area contributed by atoms with Crippen molar-refractivity contribution in [3.8, 4) is 0 Å². The summed E-state index contributed by atoms with van der Waals surface area (Å²) in [6.45, 7) is -3.65. The van der Waals surface area contributed by atoms with Crippen LogP contribution in [0.2, 0.25) is 0 Å². The Morgan fingerprint density at radius 2 is 1.50 bits per heavy atom. The second kappa shape index (κ2) is 2.07. The molecule has 0 saturated carbocycles. The molecule has 40 valence electrons. The van der Waals surface area contributed by atoms with Gasteiger partial charge >= 0.3 is 0 Å². The van der Waals surface area contributed by atoms with Crippen molar-refractivity contribution >= 4 is 17.8 Å². The maximum absolute atomic E-state index is 7.91. The Bertz CT molecular complexity index is 74.5. The zero-order valence-corrected chi connectivity index (χ0v) is 4.60. The average molecular weight is 131 g/mol. The van der Waals surface area contributed by atoms with Gasteiger partial charge in [-0.25, -0.2) is 0 Å². The number of rotatable bonds is 0. The Labute approximate surface area is 38.6 Å². The van der Waals surface area contributed by atoms with Crippen LogP contribution < -0.4 is 5.14 Å². The lowest BCUT2D eigenvalue weighted by atomic mass is 14.0. The summed E-state index contributed by atoms with van der Waals surface area (Å²) in [6.07, 6.45) is 0. The molecule has 0 aromatic carbocycles. The van der Waals surface area contributed by atoms with E-state index in [2.05, 4.69) is 5.14 Å². The van der Waals surface area contributed by atoms with Crippen LogP contribution in [-0.2, 0) is 11.1 Å². The molecule has 0 rings (SSSR count). The van der Waals surface area contributed by atoms with Gasteiger partial charge in [0.2, 0.25) is 0 Å². The standard InChI is InChI=1S/H6NO3PS/c1-6-5(2,3)4/h2-4,6H,1H2. The van der Waals surface area contributed by atoms with E-state index in [4.69, 9.17) is 14.7 Å². The Kier molecular flexibility index (Phi) is 2.28. The Morgan fingerprint density at radius 1 is 1.33 bits per heavy atom. The summed E-state index contributed by atoms with van der Waals surface area (Å²) in [7, 11) is 0. The Hall–Kier alpha value is 0.620. The van der Waals surface area contributed by atoms with E-state index in [9.17, 15) is 0 Å². The van der Waals surface area contributed by atoms with E-state index in [0.29, 0.717) is 0 Å². The van der Waals surface area contributed by atoms with Gasteiger partial charge in [0.25, 0.3) is 6.72 Å². The largest absolute Gasteiger partial charge is 0.328 e. The van der Waals surface area contributed by atoms with Crippen LogP contribution >= 0.6 is 6.72 Å². The van der Waals surface area contributed by atoms with Crippen molar-refractivity contribution < 1.29 is 14.7 Å². The molecule has 0 aliphatic carbocycles. The zero-order valence-electron chi connectivity index (χ0n) is 2.81. The van der Waals surface area contributed by atoms with Gasteiger partial charge < -0.3 is 14.7 Å². The molecule has 0 amide bonds. The van der Waals surface area contributed by atoms with E-state index in [1.54, 1.807) is 0 Å². The predicted octanol–water partition coefficient (Wildman–Crippen LogP) is -1.67. The molecule has 0 aromatic heterocycles. The fourth-order valence-electron chi connectivity index (χ4n) is 0. The van der Waals surface area contributed by atoms with Gasteiger partial charge in [0.05, 0.1) is 0 Å². The van der Waals surface area contributed by atoms with E-state index < -0.39 is 6.72 Å². The highest BCUT2D eigenvalue weighted by Gasteiger charge is 1.94. The van der Waals surface area contributed by atoms with Crippen molar-refractivity contribution in [2.24, 2.45) is 5.14 Å². The number of nitrogens with two attached hydrogens (primary N) is 1. The SMILES string of the molecule is N[SH]=P(O)(O)O. The topological polar surface area (TPSA) is 86.7 Å². The first-order chi connectivity index (χ1) is 2.56. The molecule has 0 unspecified atom stereocenters. The molecule has 0 atom stereocenters. The van der Waals surface area contributed by atoms with Crippen LogP contribution in [-0.4, -0.2) is 14.7 Å². The van der Waals surface area contributed by atoms with Gasteiger partial charge in [-0.15, -0.1) is 0 Å². The van der Waals surface area contributed by atoms with Gasteiger partial charge in [0, 0.05) is 0 Å². The molecule has 4 nitrogen and oxygen atoms in total. The van der Waals surface area contributed by atoms with Crippen LogP contribution in [0.5, 0.6) is 0 Å². The number of hydrogen-bond donors (Lipinski definition) is 5. The van der Waals surface area contributed by atoms with Crippen LogP contribution in [0.1, 0.15) is 0 Å². The van der Waals surface area contributed by atoms with Crippen LogP contribution in [0, 0.1) is 0 Å². The van der Waals surface area contributed by atoms with Gasteiger partial charge in [-0.1, -0.05) is 11.1 Å². The maximum Gasteiger partial charge on any atom is 0.287 e. The fourth-order valence-corrected chi connectivity index (χ4v) is 0. The molecule has 0 aliphatic rings. The first-order valence-corrected chi connectivity index (χ1v) is 4.37. The highest BCUT2D eigenvalue weighted by molar-refractivity contribution is 8.15. The average Bonchev–Trinajstić information content (AvgIpc) is 1.35. The highest BCUT2D eigenvalue weighted by atomic mass is 32.5. The summed E-state index contributed by atoms with van der Waals surface area (Å²) in [5, 5.41) is 4.58. The molecule has 6 heavy (non-hydrogen) atoms. The summed E-state index contributed by atoms with van der Waals surface area (Å²) in [6, 6.07) is 0. The first kappa shape index (κ1) is 6.62. The van der Waals surface area contributed by atoms with Crippen LogP contribution in [0.4, 0.5) is 0 Å². The van der Waals surface area contributed by atoms with E-state index >= 15 is 0 Å². The van der Waals surface area contributed by atoms with Crippen molar-refractivity contribution in [2.75, 3.05) is 0 Å². The molecule has 0 aromatic rings. The summed E-state index contributed by atoms with van der Waals surface area (Å²) in [4.78, 5) is 23.7. The third-order valence-corrected chi connectivity index (χ3v) is 1.39. The summed E-state index contributed by atoms with van der Waals surface area (Å²) < 4.78 is 0. The van der Waals surface area contributed by atoms with E-state index in [0.717, 1.165) is 0 Å². The summed E-state index contributed by atoms with van der Waals surface area (Å²) in [5.74, 6) is 0. The zero-order chi connectivity index (χ0) is 5.21. The molecule has 0 aliphatic heterocycles. The lowest BCUT2D eigenvalue weighted by Gasteiger charge is -1.95. The lowest BCUT2D eigenvalue weighted by Crippen LogP contribution is -1.85. The second-order valence-corrected chi connectivity index (χ2v) is 4.26. The van der Waals surface area contributed by atoms with Gasteiger partial charge in [0.1, 0.15) is 0 Å². The quantitative estimate of drug-likeness (QED) is 0.201. The lowest BCUT2D eigenvalue weighted by molar-refractivity contribution is 0.363. The molecule has 0 heterocycles. The van der Waals surface area contributed by atoms with Crippen LogP contribution in [0.3, 0.4) is 0 Å². The Morgan fingerprint density at radius 3 is 1.50 bits per heavy atom.